The van der Waals surface area contributed by atoms with Crippen LogP contribution in [0.25, 0.3) is 10.8 Å². The molecular weight excluding hydrogens is 362 g/mol. The molecule has 0 saturated carbocycles. The molecule has 0 saturated heterocycles. The first-order valence-electron chi connectivity index (χ1n) is 8.75. The lowest BCUT2D eigenvalue weighted by Crippen LogP contribution is -2.32. The lowest BCUT2D eigenvalue weighted by atomic mass is 10.1. The van der Waals surface area contributed by atoms with Crippen molar-refractivity contribution in [3.63, 3.8) is 0 Å². The minimum atomic E-state index is -1.50. The van der Waals surface area contributed by atoms with E-state index < -0.39 is 11.5 Å². The van der Waals surface area contributed by atoms with E-state index in [4.69, 9.17) is 4.74 Å². The highest BCUT2D eigenvalue weighted by Gasteiger charge is 2.19. The van der Waals surface area contributed by atoms with Crippen molar-refractivity contribution in [2.24, 2.45) is 0 Å². The second kappa shape index (κ2) is 7.77. The molecule has 0 atom stereocenters. The Bertz CT molecular complexity index is 1130. The molecule has 0 N–H and O–H groups in total. The number of hydrogen-bond acceptors (Lipinski definition) is 6. The first kappa shape index (κ1) is 19.5. The fraction of sp³-hybridized carbons (Fsp3) is 0.300. The molecule has 28 heavy (non-hydrogen) atoms. The number of fused-ring (bicyclic) bond motifs is 1. The fourth-order valence-electron chi connectivity index (χ4n) is 3.32. The van der Waals surface area contributed by atoms with Crippen LogP contribution in [0.2, 0.25) is 0 Å². The number of Topliss-reactive ketones (excluding diaryl/α,β-unsaturated/α-hetero) is 1. The van der Waals surface area contributed by atoms with Gasteiger partial charge < -0.3 is 19.2 Å². The average Bonchev–Trinajstić information content (AvgIpc) is 2.96. The van der Waals surface area contributed by atoms with Crippen molar-refractivity contribution < 1.29 is 19.4 Å². The van der Waals surface area contributed by atoms with Gasteiger partial charge in [-0.1, -0.05) is 18.2 Å². The number of rotatable bonds is 7. The maximum Gasteiger partial charge on any atom is 0.275 e. The first-order chi connectivity index (χ1) is 13.3. The smallest absolute Gasteiger partial charge is 0.275 e. The van der Waals surface area contributed by atoms with Gasteiger partial charge in [0.25, 0.3) is 5.56 Å². The molecule has 0 fully saturated rings. The number of nitrogens with zero attached hydrogens (tertiary/aromatic N) is 3. The van der Waals surface area contributed by atoms with Gasteiger partial charge in [0.1, 0.15) is 12.2 Å². The van der Waals surface area contributed by atoms with Gasteiger partial charge in [0.15, 0.2) is 5.78 Å². The Morgan fingerprint density at radius 2 is 1.86 bits per heavy atom. The molecule has 8 heteroatoms. The van der Waals surface area contributed by atoms with Crippen molar-refractivity contribution in [2.45, 2.75) is 26.9 Å². The third kappa shape index (κ3) is 3.46. The number of methoxy groups -OCH3 is 1. The molecule has 0 radical (unpaired) electrons. The summed E-state index contributed by atoms with van der Waals surface area (Å²) in [6, 6.07) is 7.98. The Morgan fingerprint density at radius 3 is 2.50 bits per heavy atom. The summed E-state index contributed by atoms with van der Waals surface area (Å²) in [6.45, 7) is 4.45. The molecule has 0 aliphatic heterocycles. The highest BCUT2D eigenvalue weighted by molar-refractivity contribution is 6.01. The normalized spacial score (nSPS) is 11.1. The topological polar surface area (TPSA) is 106 Å². The predicted octanol–water partition coefficient (Wildman–Crippen LogP) is 0.708. The number of aryl methyl sites for hydroxylation is 1. The van der Waals surface area contributed by atoms with Gasteiger partial charge in [-0.2, -0.15) is 5.10 Å². The van der Waals surface area contributed by atoms with Crippen LogP contribution in [0.1, 0.15) is 32.2 Å². The molecule has 0 amide bonds. The summed E-state index contributed by atoms with van der Waals surface area (Å²) in [5.74, 6) is -1.83. The van der Waals surface area contributed by atoms with E-state index in [2.05, 4.69) is 5.10 Å². The second-order valence-corrected chi connectivity index (χ2v) is 6.50. The van der Waals surface area contributed by atoms with E-state index in [1.807, 2.05) is 18.4 Å². The van der Waals surface area contributed by atoms with Gasteiger partial charge in [0, 0.05) is 36.0 Å². The van der Waals surface area contributed by atoms with Gasteiger partial charge in [0.05, 0.1) is 18.0 Å². The Kier molecular flexibility index (Phi) is 5.41. The van der Waals surface area contributed by atoms with Crippen molar-refractivity contribution in [3.05, 3.63) is 63.3 Å². The minimum absolute atomic E-state index is 0.176. The molecule has 0 aliphatic rings. The van der Waals surface area contributed by atoms with E-state index >= 15 is 0 Å². The number of carbonyl (C=O) groups excluding carboxylic acids is 2. The van der Waals surface area contributed by atoms with Crippen LogP contribution < -0.4 is 10.7 Å². The lowest BCUT2D eigenvalue weighted by Gasteiger charge is -2.11. The Labute approximate surface area is 161 Å². The standard InChI is InChI=1S/C20H21N3O5/c1-12-10-16(13(2)22(12)8-9-28-3)17(24)11-23-19(25)15-7-5-4-6-14(15)18(21-23)20(26)27/h4-7,10H,8-9,11H2,1-3H3,(H,26,27)/p-1. The first-order valence-corrected chi connectivity index (χ1v) is 8.75. The van der Waals surface area contributed by atoms with Crippen LogP contribution in [0.4, 0.5) is 0 Å². The van der Waals surface area contributed by atoms with E-state index in [-0.39, 0.29) is 28.8 Å². The molecule has 1 aromatic carbocycles. The molecule has 0 spiro atoms. The number of hydrogen-bond donors (Lipinski definition) is 0. The molecule has 146 valence electrons. The SMILES string of the molecule is COCCn1c(C)cc(C(=O)Cn2nc(C(=O)[O-])c3ccccc3c2=O)c1C. The Hall–Kier alpha value is -3.26. The highest BCUT2D eigenvalue weighted by atomic mass is 16.5. The van der Waals surface area contributed by atoms with Crippen molar-refractivity contribution >= 4 is 22.5 Å². The summed E-state index contributed by atoms with van der Waals surface area (Å²) in [6.07, 6.45) is 0. The van der Waals surface area contributed by atoms with Gasteiger partial charge in [0.2, 0.25) is 0 Å². The van der Waals surface area contributed by atoms with Crippen LogP contribution >= 0.6 is 0 Å². The number of carbonyl (C=O) groups is 2. The molecule has 0 unspecified atom stereocenters. The van der Waals surface area contributed by atoms with Crippen molar-refractivity contribution in [2.75, 3.05) is 13.7 Å². The summed E-state index contributed by atoms with van der Waals surface area (Å²) >= 11 is 0. The van der Waals surface area contributed by atoms with Gasteiger partial charge in [-0.05, 0) is 26.0 Å². The molecule has 0 bridgehead atoms. The second-order valence-electron chi connectivity index (χ2n) is 6.50. The molecule has 3 rings (SSSR count). The minimum Gasteiger partial charge on any atom is -0.543 e. The molecular formula is C20H20N3O5-. The van der Waals surface area contributed by atoms with E-state index in [9.17, 15) is 19.5 Å². The van der Waals surface area contributed by atoms with E-state index in [0.29, 0.717) is 18.7 Å². The number of ketones is 1. The van der Waals surface area contributed by atoms with Crippen LogP contribution in [0, 0.1) is 13.8 Å². The number of aromatic carboxylic acids is 1. The van der Waals surface area contributed by atoms with Gasteiger partial charge in [-0.25, -0.2) is 4.68 Å². The molecule has 3 aromatic rings. The van der Waals surface area contributed by atoms with Crippen LogP contribution in [-0.2, 0) is 17.8 Å². The monoisotopic (exact) mass is 382 g/mol. The predicted molar refractivity (Wildman–Crippen MR) is 100 cm³/mol. The molecule has 2 heterocycles. The van der Waals surface area contributed by atoms with Crippen LogP contribution in [0.5, 0.6) is 0 Å². The Balaban J connectivity index is 2.02. The summed E-state index contributed by atoms with van der Waals surface area (Å²) in [5, 5.41) is 15.7. The third-order valence-corrected chi connectivity index (χ3v) is 4.75. The summed E-state index contributed by atoms with van der Waals surface area (Å²) in [7, 11) is 1.60. The maximum atomic E-state index is 12.8. The van der Waals surface area contributed by atoms with E-state index in [1.54, 1.807) is 25.3 Å². The molecule has 0 aliphatic carbocycles. The van der Waals surface area contributed by atoms with Crippen LogP contribution in [-0.4, -0.2) is 39.8 Å². The van der Waals surface area contributed by atoms with Crippen molar-refractivity contribution in [1.29, 1.82) is 0 Å². The maximum absolute atomic E-state index is 12.8. The third-order valence-electron chi connectivity index (χ3n) is 4.75. The quantitative estimate of drug-likeness (QED) is 0.557. The van der Waals surface area contributed by atoms with Crippen LogP contribution in [0.3, 0.4) is 0 Å². The van der Waals surface area contributed by atoms with E-state index in [0.717, 1.165) is 16.1 Å². The van der Waals surface area contributed by atoms with Gasteiger partial charge in [-0.15, -0.1) is 0 Å². The zero-order chi connectivity index (χ0) is 20.4. The van der Waals surface area contributed by atoms with Crippen LogP contribution in [0.15, 0.2) is 35.1 Å². The molecule has 8 nitrogen and oxygen atoms in total. The number of benzene rings is 1. The summed E-state index contributed by atoms with van der Waals surface area (Å²) < 4.78 is 7.93. The van der Waals surface area contributed by atoms with Crippen molar-refractivity contribution in [3.8, 4) is 0 Å². The Morgan fingerprint density at radius 1 is 1.18 bits per heavy atom. The van der Waals surface area contributed by atoms with Gasteiger partial charge >= 0.3 is 0 Å². The zero-order valence-corrected chi connectivity index (χ0v) is 15.9. The lowest BCUT2D eigenvalue weighted by molar-refractivity contribution is -0.255. The van der Waals surface area contributed by atoms with Crippen molar-refractivity contribution in [1.82, 2.24) is 14.3 Å². The highest BCUT2D eigenvalue weighted by Crippen LogP contribution is 2.17. The van der Waals surface area contributed by atoms with Gasteiger partial charge in [-0.3, -0.25) is 9.59 Å². The zero-order valence-electron chi connectivity index (χ0n) is 15.9. The molecule has 2 aromatic heterocycles. The summed E-state index contributed by atoms with van der Waals surface area (Å²) in [5.41, 5.74) is 1.22. The average molecular weight is 382 g/mol. The fourth-order valence-corrected chi connectivity index (χ4v) is 3.32. The number of carboxylic acid groups (broad SMARTS) is 1. The number of aromatic nitrogens is 3. The number of carboxylic acids is 1. The van der Waals surface area contributed by atoms with E-state index in [1.165, 1.54) is 12.1 Å². The number of ether oxygens (including phenoxy) is 1. The largest absolute Gasteiger partial charge is 0.543 e. The summed E-state index contributed by atoms with van der Waals surface area (Å²) in [4.78, 5) is 37.0.